The van der Waals surface area contributed by atoms with Gasteiger partial charge in [0, 0.05) is 12.6 Å². The van der Waals surface area contributed by atoms with Crippen LogP contribution in [0.25, 0.3) is 0 Å². The Kier molecular flexibility index (Phi) is 3.25. The van der Waals surface area contributed by atoms with Crippen LogP contribution in [0, 0.1) is 0 Å². The van der Waals surface area contributed by atoms with Gasteiger partial charge in [-0.25, -0.2) is 0 Å². The van der Waals surface area contributed by atoms with Crippen LogP contribution in [0.4, 0.5) is 0 Å². The van der Waals surface area contributed by atoms with E-state index < -0.39 is 5.97 Å². The van der Waals surface area contributed by atoms with Crippen molar-refractivity contribution in [2.45, 2.75) is 31.8 Å². The first-order valence-electron chi connectivity index (χ1n) is 5.65. The summed E-state index contributed by atoms with van der Waals surface area (Å²) in [7, 11) is 2.14. The van der Waals surface area contributed by atoms with Gasteiger partial charge < -0.3 is 5.11 Å². The van der Waals surface area contributed by atoms with E-state index in [0.29, 0.717) is 0 Å². The maximum Gasteiger partial charge on any atom is 0.307 e. The molecule has 1 aliphatic rings. The van der Waals surface area contributed by atoms with Crippen LogP contribution in [-0.4, -0.2) is 29.1 Å². The van der Waals surface area contributed by atoms with Gasteiger partial charge in [-0.3, -0.25) is 9.69 Å². The summed E-state index contributed by atoms with van der Waals surface area (Å²) in [5, 5.41) is 8.65. The summed E-state index contributed by atoms with van der Waals surface area (Å²) in [6.45, 7) is 0.956. The highest BCUT2D eigenvalue weighted by atomic mass is 16.4. The van der Waals surface area contributed by atoms with Crippen molar-refractivity contribution >= 4 is 5.97 Å². The average molecular weight is 219 g/mol. The van der Waals surface area contributed by atoms with Crippen molar-refractivity contribution < 1.29 is 9.90 Å². The molecule has 3 heteroatoms. The molecule has 0 amide bonds. The number of nitrogens with zero attached hydrogens (tertiary/aromatic N) is 1. The molecule has 1 saturated carbocycles. The van der Waals surface area contributed by atoms with E-state index in [2.05, 4.69) is 11.9 Å². The zero-order chi connectivity index (χ0) is 11.5. The number of rotatable bonds is 5. The molecule has 0 saturated heterocycles. The lowest BCUT2D eigenvalue weighted by Crippen LogP contribution is -2.19. The molecular formula is C13H17NO2. The van der Waals surface area contributed by atoms with E-state index in [-0.39, 0.29) is 6.42 Å². The number of hydrogen-bond acceptors (Lipinski definition) is 2. The smallest absolute Gasteiger partial charge is 0.307 e. The molecule has 0 radical (unpaired) electrons. The molecule has 86 valence electrons. The first kappa shape index (κ1) is 11.1. The van der Waals surface area contributed by atoms with Crippen LogP contribution >= 0.6 is 0 Å². The molecule has 0 heterocycles. The number of aliphatic carboxylic acids is 1. The largest absolute Gasteiger partial charge is 0.481 e. The van der Waals surface area contributed by atoms with Crippen molar-refractivity contribution in [3.05, 3.63) is 35.4 Å². The van der Waals surface area contributed by atoms with Gasteiger partial charge in [-0.1, -0.05) is 24.3 Å². The quantitative estimate of drug-likeness (QED) is 0.822. The van der Waals surface area contributed by atoms with Crippen molar-refractivity contribution in [3.8, 4) is 0 Å². The normalized spacial score (nSPS) is 15.4. The standard InChI is InChI=1S/C13H17NO2/c1-14(12-6-7-12)9-11-4-2-10(3-5-11)8-13(15)16/h2-5,12H,6-9H2,1H3,(H,15,16). The van der Waals surface area contributed by atoms with E-state index >= 15 is 0 Å². The second-order valence-electron chi connectivity index (χ2n) is 4.53. The molecule has 1 fully saturated rings. The molecule has 3 nitrogen and oxygen atoms in total. The fourth-order valence-corrected chi connectivity index (χ4v) is 1.87. The van der Waals surface area contributed by atoms with Crippen LogP contribution in [0.1, 0.15) is 24.0 Å². The van der Waals surface area contributed by atoms with Crippen molar-refractivity contribution in [2.75, 3.05) is 7.05 Å². The second-order valence-corrected chi connectivity index (χ2v) is 4.53. The van der Waals surface area contributed by atoms with Crippen LogP contribution in [0.3, 0.4) is 0 Å². The molecule has 0 unspecified atom stereocenters. The lowest BCUT2D eigenvalue weighted by atomic mass is 10.1. The van der Waals surface area contributed by atoms with E-state index in [1.165, 1.54) is 18.4 Å². The Morgan fingerprint density at radius 2 is 1.88 bits per heavy atom. The minimum Gasteiger partial charge on any atom is -0.481 e. The third-order valence-electron chi connectivity index (χ3n) is 2.98. The van der Waals surface area contributed by atoms with Gasteiger partial charge in [-0.05, 0) is 31.0 Å². The maximum absolute atomic E-state index is 10.5. The van der Waals surface area contributed by atoms with Gasteiger partial charge in [0.25, 0.3) is 0 Å². The Morgan fingerprint density at radius 3 is 2.38 bits per heavy atom. The minimum atomic E-state index is -0.775. The molecule has 1 N–H and O–H groups in total. The number of carboxylic acid groups (broad SMARTS) is 1. The number of hydrogen-bond donors (Lipinski definition) is 1. The summed E-state index contributed by atoms with van der Waals surface area (Å²) >= 11 is 0. The topological polar surface area (TPSA) is 40.5 Å². The Bertz CT molecular complexity index is 368. The number of carboxylic acids is 1. The van der Waals surface area contributed by atoms with E-state index in [1.807, 2.05) is 24.3 Å². The molecular weight excluding hydrogens is 202 g/mol. The highest BCUT2D eigenvalue weighted by Crippen LogP contribution is 2.26. The third-order valence-corrected chi connectivity index (χ3v) is 2.98. The Hall–Kier alpha value is -1.35. The number of benzene rings is 1. The highest BCUT2D eigenvalue weighted by molar-refractivity contribution is 5.70. The third kappa shape index (κ3) is 3.07. The molecule has 16 heavy (non-hydrogen) atoms. The van der Waals surface area contributed by atoms with Gasteiger partial charge in [-0.2, -0.15) is 0 Å². The van der Waals surface area contributed by atoms with Crippen molar-refractivity contribution in [2.24, 2.45) is 0 Å². The van der Waals surface area contributed by atoms with E-state index in [9.17, 15) is 4.79 Å². The van der Waals surface area contributed by atoms with Crippen LogP contribution in [0.5, 0.6) is 0 Å². The summed E-state index contributed by atoms with van der Waals surface area (Å²) in [6, 6.07) is 8.63. The Balaban J connectivity index is 1.93. The first-order valence-corrected chi connectivity index (χ1v) is 5.65. The summed E-state index contributed by atoms with van der Waals surface area (Å²) in [6.07, 6.45) is 2.74. The summed E-state index contributed by atoms with van der Waals surface area (Å²) < 4.78 is 0. The monoisotopic (exact) mass is 219 g/mol. The second kappa shape index (κ2) is 4.66. The predicted molar refractivity (Wildman–Crippen MR) is 62.3 cm³/mol. The minimum absolute atomic E-state index is 0.110. The summed E-state index contributed by atoms with van der Waals surface area (Å²) in [5.74, 6) is -0.775. The summed E-state index contributed by atoms with van der Waals surface area (Å²) in [4.78, 5) is 12.9. The van der Waals surface area contributed by atoms with E-state index in [4.69, 9.17) is 5.11 Å². The van der Waals surface area contributed by atoms with Crippen molar-refractivity contribution in [1.82, 2.24) is 4.90 Å². The average Bonchev–Trinajstić information content (AvgIpc) is 3.03. The number of carbonyl (C=O) groups is 1. The van der Waals surface area contributed by atoms with Crippen molar-refractivity contribution in [1.29, 1.82) is 0 Å². The van der Waals surface area contributed by atoms with Gasteiger partial charge in [0.1, 0.15) is 0 Å². The van der Waals surface area contributed by atoms with E-state index in [1.54, 1.807) is 0 Å². The fraction of sp³-hybridized carbons (Fsp3) is 0.462. The fourth-order valence-electron chi connectivity index (χ4n) is 1.87. The summed E-state index contributed by atoms with van der Waals surface area (Å²) in [5.41, 5.74) is 2.12. The zero-order valence-corrected chi connectivity index (χ0v) is 9.52. The van der Waals surface area contributed by atoms with Gasteiger partial charge >= 0.3 is 5.97 Å². The molecule has 0 aliphatic heterocycles. The van der Waals surface area contributed by atoms with Gasteiger partial charge in [0.15, 0.2) is 0 Å². The Morgan fingerprint density at radius 1 is 1.31 bits per heavy atom. The molecule has 0 atom stereocenters. The van der Waals surface area contributed by atoms with Gasteiger partial charge in [-0.15, -0.1) is 0 Å². The Labute approximate surface area is 95.7 Å². The molecule has 1 aliphatic carbocycles. The lowest BCUT2D eigenvalue weighted by molar-refractivity contribution is -0.136. The van der Waals surface area contributed by atoms with Gasteiger partial charge in [0.05, 0.1) is 6.42 Å². The van der Waals surface area contributed by atoms with Crippen LogP contribution in [0.15, 0.2) is 24.3 Å². The molecule has 0 bridgehead atoms. The van der Waals surface area contributed by atoms with Crippen molar-refractivity contribution in [3.63, 3.8) is 0 Å². The molecule has 2 rings (SSSR count). The van der Waals surface area contributed by atoms with Gasteiger partial charge in [0.2, 0.25) is 0 Å². The van der Waals surface area contributed by atoms with Crippen LogP contribution in [-0.2, 0) is 17.8 Å². The molecule has 0 aromatic heterocycles. The lowest BCUT2D eigenvalue weighted by Gasteiger charge is -2.15. The predicted octanol–water partition coefficient (Wildman–Crippen LogP) is 1.91. The molecule has 1 aromatic rings. The first-order chi connectivity index (χ1) is 7.65. The highest BCUT2D eigenvalue weighted by Gasteiger charge is 2.25. The zero-order valence-electron chi connectivity index (χ0n) is 9.52. The van der Waals surface area contributed by atoms with Crippen LogP contribution in [0.2, 0.25) is 0 Å². The molecule has 0 spiro atoms. The molecule has 1 aromatic carbocycles. The SMILES string of the molecule is CN(Cc1ccc(CC(=O)O)cc1)C1CC1. The maximum atomic E-state index is 10.5. The van der Waals surface area contributed by atoms with E-state index in [0.717, 1.165) is 18.2 Å². The van der Waals surface area contributed by atoms with Crippen LogP contribution < -0.4 is 0 Å².